The van der Waals surface area contributed by atoms with Crippen LogP contribution in [0.4, 0.5) is 14.8 Å². The van der Waals surface area contributed by atoms with E-state index in [9.17, 15) is 13.6 Å². The van der Waals surface area contributed by atoms with Gasteiger partial charge in [0, 0.05) is 11.1 Å². The molecule has 1 heterocycles. The number of carbonyl (C=O) groups excluding carboxylic acids is 1. The lowest BCUT2D eigenvalue weighted by atomic mass is 10.2. The van der Waals surface area contributed by atoms with Crippen molar-refractivity contribution in [2.24, 2.45) is 0 Å². The summed E-state index contributed by atoms with van der Waals surface area (Å²) in [7, 11) is 0. The van der Waals surface area contributed by atoms with Crippen molar-refractivity contribution in [3.63, 3.8) is 0 Å². The van der Waals surface area contributed by atoms with Crippen LogP contribution in [0.1, 0.15) is 12.5 Å². The Labute approximate surface area is 192 Å². The molecular weight excluding hydrogens is 454 g/mol. The van der Waals surface area contributed by atoms with E-state index in [1.165, 1.54) is 48.5 Å². The number of benzene rings is 3. The zero-order chi connectivity index (χ0) is 23.4. The van der Waals surface area contributed by atoms with Gasteiger partial charge in [-0.25, -0.2) is 4.39 Å². The third-order valence-electron chi connectivity index (χ3n) is 4.45. The summed E-state index contributed by atoms with van der Waals surface area (Å²) < 4.78 is 43.1. The first-order valence-electron chi connectivity index (χ1n) is 9.80. The standard InChI is InChI=1S/C24H17ClF2N2O4/c1-14(23(30)29-24-28-20-13-16(25)4-11-21(20)33-24)31-18-7-9-19(10-8-18)32-22(27)12-15-2-5-17(26)6-3-15/h2-14H,1H3,(H,28,29,30)/b22-12+/t14-/m1/s1. The van der Waals surface area contributed by atoms with Gasteiger partial charge in [-0.2, -0.15) is 9.37 Å². The second-order valence-corrected chi connectivity index (χ2v) is 7.39. The number of hydrogen-bond acceptors (Lipinski definition) is 5. The molecule has 6 nitrogen and oxygen atoms in total. The second-order valence-electron chi connectivity index (χ2n) is 6.95. The fourth-order valence-electron chi connectivity index (χ4n) is 2.84. The van der Waals surface area contributed by atoms with Gasteiger partial charge in [0.25, 0.3) is 11.9 Å². The van der Waals surface area contributed by atoms with E-state index in [0.29, 0.717) is 27.4 Å². The number of hydrogen-bond donors (Lipinski definition) is 1. The van der Waals surface area contributed by atoms with Crippen molar-refractivity contribution in [2.75, 3.05) is 5.32 Å². The van der Waals surface area contributed by atoms with Crippen molar-refractivity contribution in [2.45, 2.75) is 13.0 Å². The summed E-state index contributed by atoms with van der Waals surface area (Å²) in [6.45, 7) is 1.56. The molecule has 0 spiro atoms. The summed E-state index contributed by atoms with van der Waals surface area (Å²) in [5.41, 5.74) is 1.46. The first-order chi connectivity index (χ1) is 15.9. The van der Waals surface area contributed by atoms with E-state index >= 15 is 0 Å². The van der Waals surface area contributed by atoms with Crippen LogP contribution in [0.15, 0.2) is 77.2 Å². The number of rotatable bonds is 7. The van der Waals surface area contributed by atoms with Crippen LogP contribution < -0.4 is 14.8 Å². The molecule has 3 aromatic carbocycles. The molecule has 0 bridgehead atoms. The summed E-state index contributed by atoms with van der Waals surface area (Å²) >= 11 is 5.92. The van der Waals surface area contributed by atoms with Crippen molar-refractivity contribution in [3.8, 4) is 11.5 Å². The third kappa shape index (κ3) is 5.87. The number of carbonyl (C=O) groups is 1. The Morgan fingerprint density at radius 2 is 1.79 bits per heavy atom. The molecule has 0 aliphatic heterocycles. The lowest BCUT2D eigenvalue weighted by molar-refractivity contribution is -0.122. The number of amides is 1. The van der Waals surface area contributed by atoms with Crippen LogP contribution in [0.25, 0.3) is 17.2 Å². The van der Waals surface area contributed by atoms with E-state index in [1.54, 1.807) is 25.1 Å². The average molecular weight is 471 g/mol. The zero-order valence-corrected chi connectivity index (χ0v) is 18.0. The molecule has 0 unspecified atom stereocenters. The number of fused-ring (bicyclic) bond motifs is 1. The van der Waals surface area contributed by atoms with Crippen molar-refractivity contribution in [3.05, 3.63) is 89.1 Å². The summed E-state index contributed by atoms with van der Waals surface area (Å²) in [6, 6.07) is 15.5. The number of nitrogens with zero attached hydrogens (tertiary/aromatic N) is 1. The smallest absolute Gasteiger partial charge is 0.302 e. The number of halogens is 3. The SMILES string of the molecule is C[C@@H](Oc1ccc(O/C(F)=C/c2ccc(F)cc2)cc1)C(=O)Nc1nc2cc(Cl)ccc2o1. The highest BCUT2D eigenvalue weighted by Crippen LogP contribution is 2.24. The Morgan fingerprint density at radius 1 is 1.09 bits per heavy atom. The molecule has 0 saturated carbocycles. The van der Waals surface area contributed by atoms with E-state index in [0.717, 1.165) is 6.08 Å². The molecule has 1 amide bonds. The predicted octanol–water partition coefficient (Wildman–Crippen LogP) is 6.37. The van der Waals surface area contributed by atoms with E-state index in [-0.39, 0.29) is 11.8 Å². The number of anilines is 1. The van der Waals surface area contributed by atoms with Gasteiger partial charge >= 0.3 is 6.01 Å². The molecule has 1 atom stereocenters. The van der Waals surface area contributed by atoms with Crippen LogP contribution in [0.3, 0.4) is 0 Å². The molecule has 4 rings (SSSR count). The van der Waals surface area contributed by atoms with Crippen molar-refractivity contribution < 1.29 is 27.5 Å². The van der Waals surface area contributed by atoms with Crippen molar-refractivity contribution in [1.29, 1.82) is 0 Å². The van der Waals surface area contributed by atoms with Crippen LogP contribution in [0.5, 0.6) is 11.5 Å². The normalized spacial score (nSPS) is 12.4. The fourth-order valence-corrected chi connectivity index (χ4v) is 3.00. The highest BCUT2D eigenvalue weighted by atomic mass is 35.5. The highest BCUT2D eigenvalue weighted by molar-refractivity contribution is 6.31. The maximum atomic E-state index is 14.0. The maximum Gasteiger partial charge on any atom is 0.302 e. The minimum atomic E-state index is -0.870. The number of ether oxygens (including phenoxy) is 2. The molecule has 0 radical (unpaired) electrons. The lowest BCUT2D eigenvalue weighted by Gasteiger charge is -2.13. The predicted molar refractivity (Wildman–Crippen MR) is 120 cm³/mol. The summed E-state index contributed by atoms with van der Waals surface area (Å²) in [4.78, 5) is 16.6. The molecule has 33 heavy (non-hydrogen) atoms. The van der Waals surface area contributed by atoms with E-state index < -0.39 is 23.8 Å². The summed E-state index contributed by atoms with van der Waals surface area (Å²) in [5.74, 6) is -0.287. The van der Waals surface area contributed by atoms with Gasteiger partial charge in [0.15, 0.2) is 11.7 Å². The van der Waals surface area contributed by atoms with Gasteiger partial charge in [-0.15, -0.1) is 0 Å². The fraction of sp³-hybridized carbons (Fsp3) is 0.0833. The molecule has 9 heteroatoms. The molecule has 1 N–H and O–H groups in total. The van der Waals surface area contributed by atoms with Gasteiger partial charge in [-0.3, -0.25) is 10.1 Å². The van der Waals surface area contributed by atoms with Crippen LogP contribution in [-0.4, -0.2) is 17.0 Å². The highest BCUT2D eigenvalue weighted by Gasteiger charge is 2.18. The topological polar surface area (TPSA) is 73.6 Å². The lowest BCUT2D eigenvalue weighted by Crippen LogP contribution is -2.30. The molecule has 0 aliphatic carbocycles. The zero-order valence-electron chi connectivity index (χ0n) is 17.2. The van der Waals surface area contributed by atoms with Crippen LogP contribution in [0.2, 0.25) is 5.02 Å². The maximum absolute atomic E-state index is 14.0. The van der Waals surface area contributed by atoms with E-state index in [2.05, 4.69) is 10.3 Å². The van der Waals surface area contributed by atoms with Crippen LogP contribution in [0, 0.1) is 5.82 Å². The average Bonchev–Trinajstić information content (AvgIpc) is 3.18. The first-order valence-corrected chi connectivity index (χ1v) is 10.2. The Morgan fingerprint density at radius 3 is 2.52 bits per heavy atom. The van der Waals surface area contributed by atoms with Crippen LogP contribution >= 0.6 is 11.6 Å². The minimum Gasteiger partial charge on any atom is -0.481 e. The minimum absolute atomic E-state index is 0.0277. The molecule has 0 fully saturated rings. The molecule has 4 aromatic rings. The molecule has 1 aromatic heterocycles. The quantitative estimate of drug-likeness (QED) is 0.317. The van der Waals surface area contributed by atoms with Crippen molar-refractivity contribution >= 4 is 40.7 Å². The first kappa shape index (κ1) is 22.3. The van der Waals surface area contributed by atoms with E-state index in [1.807, 2.05) is 0 Å². The Bertz CT molecular complexity index is 1300. The number of oxazole rings is 1. The van der Waals surface area contributed by atoms with Gasteiger partial charge in [-0.05, 0) is 67.1 Å². The monoisotopic (exact) mass is 470 g/mol. The second kappa shape index (κ2) is 9.70. The summed E-state index contributed by atoms with van der Waals surface area (Å²) in [6.07, 6.45) is 0.265. The Kier molecular flexibility index (Phi) is 6.55. The largest absolute Gasteiger partial charge is 0.481 e. The molecule has 0 aliphatic rings. The Hall–Kier alpha value is -3.91. The van der Waals surface area contributed by atoms with Gasteiger partial charge in [0.1, 0.15) is 22.8 Å². The third-order valence-corrected chi connectivity index (χ3v) is 4.69. The van der Waals surface area contributed by atoms with Gasteiger partial charge in [0.05, 0.1) is 0 Å². The molecule has 0 saturated heterocycles. The van der Waals surface area contributed by atoms with Gasteiger partial charge in [-0.1, -0.05) is 23.7 Å². The number of aromatic nitrogens is 1. The number of nitrogens with one attached hydrogen (secondary N) is 1. The molecule has 168 valence electrons. The van der Waals surface area contributed by atoms with Gasteiger partial charge in [0.2, 0.25) is 0 Å². The molecular formula is C24H17ClF2N2O4. The Balaban J connectivity index is 1.33. The van der Waals surface area contributed by atoms with Crippen LogP contribution in [-0.2, 0) is 4.79 Å². The van der Waals surface area contributed by atoms with E-state index in [4.69, 9.17) is 25.5 Å². The summed E-state index contributed by atoms with van der Waals surface area (Å²) in [5, 5.41) is 3.05. The van der Waals surface area contributed by atoms with Gasteiger partial charge < -0.3 is 13.9 Å². The van der Waals surface area contributed by atoms with Crippen molar-refractivity contribution in [1.82, 2.24) is 4.98 Å².